The molecule has 0 fully saturated rings. The van der Waals surface area contributed by atoms with Crippen molar-refractivity contribution in [1.82, 2.24) is 10.3 Å². The van der Waals surface area contributed by atoms with Gasteiger partial charge in [0.05, 0.1) is 7.11 Å². The average molecular weight is 293 g/mol. The molecular weight excluding hydrogens is 262 g/mol. The van der Waals surface area contributed by atoms with Crippen LogP contribution in [-0.4, -0.2) is 36.7 Å². The highest BCUT2D eigenvalue weighted by molar-refractivity contribution is 5.34. The first kappa shape index (κ1) is 18.0. The Hall–Kier alpha value is -1.10. The van der Waals surface area contributed by atoms with Gasteiger partial charge in [-0.15, -0.1) is 0 Å². The normalized spacial score (nSPS) is 15.8. The molecule has 4 nitrogen and oxygen atoms in total. The summed E-state index contributed by atoms with van der Waals surface area (Å²) < 4.78 is 5.47. The SMILES string of the molecule is CCN(CC)C(C)(CC)C(Cc1ccccc1OC)NN. The maximum absolute atomic E-state index is 5.90. The standard InChI is InChI=1S/C17H31N3O/c1-6-17(4,20(7-2)8-3)16(19-18)13-14-11-9-10-12-15(14)21-5/h9-12,16,19H,6-8,13,18H2,1-5H3. The minimum Gasteiger partial charge on any atom is -0.496 e. The largest absolute Gasteiger partial charge is 0.496 e. The lowest BCUT2D eigenvalue weighted by molar-refractivity contribution is 0.0699. The van der Waals surface area contributed by atoms with E-state index in [4.69, 9.17) is 10.6 Å². The highest BCUT2D eigenvalue weighted by Gasteiger charge is 2.36. The van der Waals surface area contributed by atoms with Gasteiger partial charge < -0.3 is 4.74 Å². The van der Waals surface area contributed by atoms with Crippen LogP contribution in [0.1, 0.15) is 39.7 Å². The van der Waals surface area contributed by atoms with Crippen LogP contribution >= 0.6 is 0 Å². The van der Waals surface area contributed by atoms with E-state index in [9.17, 15) is 0 Å². The molecule has 0 radical (unpaired) electrons. The molecule has 21 heavy (non-hydrogen) atoms. The van der Waals surface area contributed by atoms with Crippen LogP contribution in [0.4, 0.5) is 0 Å². The third-order valence-corrected chi connectivity index (χ3v) is 4.77. The van der Waals surface area contributed by atoms with E-state index in [-0.39, 0.29) is 11.6 Å². The molecule has 0 heterocycles. The molecule has 0 amide bonds. The van der Waals surface area contributed by atoms with Crippen molar-refractivity contribution in [3.05, 3.63) is 29.8 Å². The van der Waals surface area contributed by atoms with Crippen LogP contribution in [0.5, 0.6) is 5.75 Å². The molecule has 0 saturated carbocycles. The van der Waals surface area contributed by atoms with Gasteiger partial charge in [0.1, 0.15) is 5.75 Å². The van der Waals surface area contributed by atoms with Gasteiger partial charge in [-0.05, 0) is 44.5 Å². The zero-order valence-corrected chi connectivity index (χ0v) is 14.1. The topological polar surface area (TPSA) is 50.5 Å². The van der Waals surface area contributed by atoms with Gasteiger partial charge in [0, 0.05) is 11.6 Å². The predicted molar refractivity (Wildman–Crippen MR) is 89.4 cm³/mol. The maximum atomic E-state index is 5.90. The monoisotopic (exact) mass is 293 g/mol. The lowest BCUT2D eigenvalue weighted by atomic mass is 9.83. The number of ether oxygens (including phenoxy) is 1. The van der Waals surface area contributed by atoms with E-state index in [2.05, 4.69) is 44.1 Å². The maximum Gasteiger partial charge on any atom is 0.122 e. The Balaban J connectivity index is 3.05. The smallest absolute Gasteiger partial charge is 0.122 e. The third-order valence-electron chi connectivity index (χ3n) is 4.77. The number of hydrazine groups is 1. The average Bonchev–Trinajstić information content (AvgIpc) is 2.53. The van der Waals surface area contributed by atoms with E-state index in [1.54, 1.807) is 7.11 Å². The lowest BCUT2D eigenvalue weighted by Gasteiger charge is -2.45. The molecule has 1 aromatic carbocycles. The number of nitrogens with zero attached hydrogens (tertiary/aromatic N) is 1. The number of benzene rings is 1. The van der Waals surface area contributed by atoms with Crippen molar-refractivity contribution < 1.29 is 4.74 Å². The number of para-hydroxylation sites is 1. The van der Waals surface area contributed by atoms with Crippen molar-refractivity contribution in [2.24, 2.45) is 5.84 Å². The highest BCUT2D eigenvalue weighted by atomic mass is 16.5. The molecule has 0 aliphatic heterocycles. The van der Waals surface area contributed by atoms with Gasteiger partial charge in [-0.3, -0.25) is 16.2 Å². The number of methoxy groups -OCH3 is 1. The Morgan fingerprint density at radius 2 is 1.86 bits per heavy atom. The summed E-state index contributed by atoms with van der Waals surface area (Å²) in [6.45, 7) is 11.0. The Morgan fingerprint density at radius 1 is 1.24 bits per heavy atom. The Bertz CT molecular complexity index is 420. The minimum absolute atomic E-state index is 0.0130. The fourth-order valence-electron chi connectivity index (χ4n) is 3.19. The van der Waals surface area contributed by atoms with Gasteiger partial charge in [-0.1, -0.05) is 39.0 Å². The van der Waals surface area contributed by atoms with E-state index < -0.39 is 0 Å². The number of rotatable bonds is 9. The second-order valence-electron chi connectivity index (χ2n) is 5.62. The van der Waals surface area contributed by atoms with Crippen molar-refractivity contribution in [3.63, 3.8) is 0 Å². The predicted octanol–water partition coefficient (Wildman–Crippen LogP) is 2.58. The number of likely N-dealkylation sites (N-methyl/N-ethyl adjacent to an activating group) is 1. The van der Waals surface area contributed by atoms with Gasteiger partial charge in [0.25, 0.3) is 0 Å². The van der Waals surface area contributed by atoms with Crippen molar-refractivity contribution >= 4 is 0 Å². The molecule has 1 rings (SSSR count). The summed E-state index contributed by atoms with van der Waals surface area (Å²) in [5, 5.41) is 0. The number of hydrogen-bond acceptors (Lipinski definition) is 4. The summed E-state index contributed by atoms with van der Waals surface area (Å²) >= 11 is 0. The van der Waals surface area contributed by atoms with Gasteiger partial charge in [0.2, 0.25) is 0 Å². The molecule has 0 aliphatic carbocycles. The van der Waals surface area contributed by atoms with Crippen LogP contribution in [0, 0.1) is 0 Å². The van der Waals surface area contributed by atoms with E-state index in [1.165, 1.54) is 5.56 Å². The van der Waals surface area contributed by atoms with E-state index >= 15 is 0 Å². The molecular formula is C17H31N3O. The van der Waals surface area contributed by atoms with Crippen LogP contribution in [0.3, 0.4) is 0 Å². The molecule has 0 aliphatic rings. The van der Waals surface area contributed by atoms with Crippen molar-refractivity contribution in [1.29, 1.82) is 0 Å². The minimum atomic E-state index is 0.0130. The second kappa shape index (κ2) is 8.37. The Kier molecular flexibility index (Phi) is 7.15. The van der Waals surface area contributed by atoms with Crippen molar-refractivity contribution in [2.75, 3.05) is 20.2 Å². The second-order valence-corrected chi connectivity index (χ2v) is 5.62. The Labute approximate surface area is 129 Å². The first-order chi connectivity index (χ1) is 10.1. The molecule has 0 spiro atoms. The Morgan fingerprint density at radius 3 is 2.33 bits per heavy atom. The number of nitrogens with two attached hydrogens (primary N) is 1. The fraction of sp³-hybridized carbons (Fsp3) is 0.647. The number of nitrogens with one attached hydrogen (secondary N) is 1. The van der Waals surface area contributed by atoms with E-state index in [0.29, 0.717) is 0 Å². The molecule has 2 atom stereocenters. The molecule has 0 saturated heterocycles. The fourth-order valence-corrected chi connectivity index (χ4v) is 3.19. The molecule has 4 heteroatoms. The highest BCUT2D eigenvalue weighted by Crippen LogP contribution is 2.28. The first-order valence-electron chi connectivity index (χ1n) is 7.90. The zero-order valence-electron chi connectivity index (χ0n) is 14.1. The summed E-state index contributed by atoms with van der Waals surface area (Å²) in [5.41, 5.74) is 4.25. The van der Waals surface area contributed by atoms with Crippen LogP contribution in [-0.2, 0) is 6.42 Å². The van der Waals surface area contributed by atoms with Gasteiger partial charge in [-0.25, -0.2) is 0 Å². The van der Waals surface area contributed by atoms with Crippen molar-refractivity contribution in [3.8, 4) is 5.75 Å². The molecule has 3 N–H and O–H groups in total. The van der Waals surface area contributed by atoms with Crippen molar-refractivity contribution in [2.45, 2.75) is 52.1 Å². The quantitative estimate of drug-likeness (QED) is 0.543. The van der Waals surface area contributed by atoms with Gasteiger partial charge >= 0.3 is 0 Å². The summed E-state index contributed by atoms with van der Waals surface area (Å²) in [6.07, 6.45) is 1.89. The molecule has 0 bridgehead atoms. The third kappa shape index (κ3) is 3.96. The van der Waals surface area contributed by atoms with Gasteiger partial charge in [0.15, 0.2) is 0 Å². The van der Waals surface area contributed by atoms with Crippen LogP contribution < -0.4 is 16.0 Å². The van der Waals surface area contributed by atoms with E-state index in [0.717, 1.165) is 31.7 Å². The molecule has 120 valence electrons. The van der Waals surface area contributed by atoms with Crippen LogP contribution in [0.2, 0.25) is 0 Å². The van der Waals surface area contributed by atoms with Gasteiger partial charge in [-0.2, -0.15) is 0 Å². The lowest BCUT2D eigenvalue weighted by Crippen LogP contribution is -2.61. The molecule has 2 unspecified atom stereocenters. The zero-order chi connectivity index (χ0) is 15.9. The van der Waals surface area contributed by atoms with E-state index in [1.807, 2.05) is 18.2 Å². The molecule has 0 aromatic heterocycles. The summed E-state index contributed by atoms with van der Waals surface area (Å²) in [6, 6.07) is 8.33. The number of hydrogen-bond donors (Lipinski definition) is 2. The first-order valence-corrected chi connectivity index (χ1v) is 7.90. The van der Waals surface area contributed by atoms with Crippen LogP contribution in [0.25, 0.3) is 0 Å². The summed E-state index contributed by atoms with van der Waals surface area (Å²) in [4.78, 5) is 2.48. The summed E-state index contributed by atoms with van der Waals surface area (Å²) in [5.74, 6) is 6.83. The summed E-state index contributed by atoms with van der Waals surface area (Å²) in [7, 11) is 1.72. The van der Waals surface area contributed by atoms with Crippen LogP contribution in [0.15, 0.2) is 24.3 Å². The molecule has 1 aromatic rings.